The largest absolute Gasteiger partial charge is 0.474 e. The first kappa shape index (κ1) is 21.4. The van der Waals surface area contributed by atoms with Crippen LogP contribution in [0.3, 0.4) is 0 Å². The van der Waals surface area contributed by atoms with Gasteiger partial charge >= 0.3 is 0 Å². The number of allylic oxidation sites excluding steroid dienone is 2. The molecule has 1 aliphatic heterocycles. The Kier molecular flexibility index (Phi) is 7.08. The molecule has 30 heavy (non-hydrogen) atoms. The summed E-state index contributed by atoms with van der Waals surface area (Å²) in [5, 5.41) is 6.98. The molecule has 0 aromatic carbocycles. The number of aromatic nitrogens is 2. The molecule has 0 radical (unpaired) electrons. The third-order valence-electron chi connectivity index (χ3n) is 4.80. The van der Waals surface area contributed by atoms with E-state index in [1.165, 1.54) is 12.2 Å². The molecular formula is C21H27N5O4. The summed E-state index contributed by atoms with van der Waals surface area (Å²) in [6.45, 7) is 5.14. The van der Waals surface area contributed by atoms with Gasteiger partial charge in [-0.1, -0.05) is 5.16 Å². The molecule has 2 aromatic rings. The van der Waals surface area contributed by atoms with Crippen LogP contribution in [0.1, 0.15) is 29.9 Å². The van der Waals surface area contributed by atoms with E-state index in [1.807, 2.05) is 19.1 Å². The Labute approximate surface area is 175 Å². The lowest BCUT2D eigenvalue weighted by Gasteiger charge is -2.23. The van der Waals surface area contributed by atoms with Gasteiger partial charge in [0, 0.05) is 36.7 Å². The Balaban J connectivity index is 1.59. The molecule has 5 N–H and O–H groups in total. The smallest absolute Gasteiger partial charge is 0.267 e. The number of carbonyl (C=O) groups excluding carboxylic acids is 1. The van der Waals surface area contributed by atoms with Crippen molar-refractivity contribution in [2.45, 2.75) is 39.3 Å². The number of hydrogen-bond acceptors (Lipinski definition) is 8. The van der Waals surface area contributed by atoms with Crippen LogP contribution in [-0.2, 0) is 20.9 Å². The molecule has 2 aromatic heterocycles. The highest BCUT2D eigenvalue weighted by Gasteiger charge is 2.17. The second-order valence-corrected chi connectivity index (χ2v) is 7.09. The predicted octanol–water partition coefficient (Wildman–Crippen LogP) is 1.81. The third kappa shape index (κ3) is 5.60. The van der Waals surface area contributed by atoms with Crippen molar-refractivity contribution in [3.05, 3.63) is 59.1 Å². The van der Waals surface area contributed by atoms with Crippen molar-refractivity contribution < 1.29 is 18.8 Å². The topological polar surface area (TPSA) is 139 Å². The molecule has 1 saturated heterocycles. The standard InChI is InChI=1S/C21H27N5O4/c1-13-3-4-15(11-24-13)20-17(14(2)30-26-20)12-29-19(23)6-5-18(22)21(27)25-16-7-9-28-10-8-16/h3-6,11,16H,7-10,12,22-23H2,1-2H3,(H,25,27)/b18-5-,19-6+. The molecule has 0 unspecified atom stereocenters. The van der Waals surface area contributed by atoms with E-state index in [4.69, 9.17) is 25.5 Å². The van der Waals surface area contributed by atoms with Crippen molar-refractivity contribution >= 4 is 5.91 Å². The molecule has 3 heterocycles. The Morgan fingerprint density at radius 1 is 1.27 bits per heavy atom. The van der Waals surface area contributed by atoms with Crippen LogP contribution in [0, 0.1) is 13.8 Å². The third-order valence-corrected chi connectivity index (χ3v) is 4.80. The second kappa shape index (κ2) is 9.93. The van der Waals surface area contributed by atoms with Gasteiger partial charge in [0.1, 0.15) is 18.1 Å². The summed E-state index contributed by atoms with van der Waals surface area (Å²) < 4.78 is 16.2. The normalized spacial score (nSPS) is 15.8. The van der Waals surface area contributed by atoms with Gasteiger partial charge in [-0.15, -0.1) is 0 Å². The first-order chi connectivity index (χ1) is 14.4. The summed E-state index contributed by atoms with van der Waals surface area (Å²) in [6, 6.07) is 3.89. The zero-order valence-corrected chi connectivity index (χ0v) is 17.2. The molecule has 0 aliphatic carbocycles. The number of nitrogens with one attached hydrogen (secondary N) is 1. The van der Waals surface area contributed by atoms with Crippen LogP contribution in [0.5, 0.6) is 0 Å². The van der Waals surface area contributed by atoms with Crippen LogP contribution >= 0.6 is 0 Å². The van der Waals surface area contributed by atoms with Crippen LogP contribution < -0.4 is 16.8 Å². The Hall–Kier alpha value is -3.33. The second-order valence-electron chi connectivity index (χ2n) is 7.09. The number of hydrogen-bond donors (Lipinski definition) is 3. The van der Waals surface area contributed by atoms with Crippen LogP contribution in [0.15, 0.2) is 46.6 Å². The minimum Gasteiger partial charge on any atom is -0.474 e. The van der Waals surface area contributed by atoms with Crippen molar-refractivity contribution in [2.75, 3.05) is 13.2 Å². The number of pyridine rings is 1. The molecule has 9 heteroatoms. The maximum absolute atomic E-state index is 12.2. The van der Waals surface area contributed by atoms with Gasteiger partial charge in [-0.25, -0.2) is 0 Å². The molecule has 9 nitrogen and oxygen atoms in total. The number of nitrogens with zero attached hydrogens (tertiary/aromatic N) is 2. The highest BCUT2D eigenvalue weighted by Crippen LogP contribution is 2.25. The lowest BCUT2D eigenvalue weighted by molar-refractivity contribution is -0.118. The van der Waals surface area contributed by atoms with E-state index >= 15 is 0 Å². The number of aryl methyl sites for hydroxylation is 2. The number of amides is 1. The highest BCUT2D eigenvalue weighted by molar-refractivity contribution is 5.92. The average molecular weight is 413 g/mol. The van der Waals surface area contributed by atoms with E-state index < -0.39 is 0 Å². The maximum Gasteiger partial charge on any atom is 0.267 e. The summed E-state index contributed by atoms with van der Waals surface area (Å²) in [5.41, 5.74) is 15.0. The lowest BCUT2D eigenvalue weighted by Crippen LogP contribution is -2.40. The minimum atomic E-state index is -0.338. The van der Waals surface area contributed by atoms with Crippen molar-refractivity contribution in [1.29, 1.82) is 0 Å². The van der Waals surface area contributed by atoms with E-state index in [-0.39, 0.29) is 30.1 Å². The van der Waals surface area contributed by atoms with Crippen LogP contribution in [-0.4, -0.2) is 35.3 Å². The number of nitrogens with two attached hydrogens (primary N) is 2. The minimum absolute atomic E-state index is 0.0561. The van der Waals surface area contributed by atoms with E-state index in [0.29, 0.717) is 24.7 Å². The Morgan fingerprint density at radius 2 is 2.03 bits per heavy atom. The number of carbonyl (C=O) groups is 1. The molecule has 1 aliphatic rings. The van der Waals surface area contributed by atoms with Crippen molar-refractivity contribution in [2.24, 2.45) is 11.5 Å². The van der Waals surface area contributed by atoms with E-state index in [2.05, 4.69) is 15.5 Å². The van der Waals surface area contributed by atoms with Crippen LogP contribution in [0.2, 0.25) is 0 Å². The number of ether oxygens (including phenoxy) is 2. The van der Waals surface area contributed by atoms with Gasteiger partial charge in [-0.05, 0) is 51.0 Å². The van der Waals surface area contributed by atoms with Gasteiger partial charge in [0.25, 0.3) is 5.91 Å². The van der Waals surface area contributed by atoms with E-state index in [1.54, 1.807) is 13.1 Å². The summed E-state index contributed by atoms with van der Waals surface area (Å²) in [5.74, 6) is 0.407. The zero-order chi connectivity index (χ0) is 21.5. The van der Waals surface area contributed by atoms with Gasteiger partial charge in [-0.2, -0.15) is 0 Å². The fourth-order valence-electron chi connectivity index (χ4n) is 2.96. The van der Waals surface area contributed by atoms with Crippen molar-refractivity contribution in [3.63, 3.8) is 0 Å². The molecule has 0 saturated carbocycles. The Morgan fingerprint density at radius 3 is 2.73 bits per heavy atom. The lowest BCUT2D eigenvalue weighted by atomic mass is 10.1. The van der Waals surface area contributed by atoms with E-state index in [0.717, 1.165) is 29.7 Å². The van der Waals surface area contributed by atoms with Crippen LogP contribution in [0.4, 0.5) is 0 Å². The number of rotatable bonds is 7. The molecule has 0 spiro atoms. The highest BCUT2D eigenvalue weighted by atomic mass is 16.5. The molecule has 0 bridgehead atoms. The average Bonchev–Trinajstić information content (AvgIpc) is 3.12. The monoisotopic (exact) mass is 413 g/mol. The summed E-state index contributed by atoms with van der Waals surface area (Å²) in [6.07, 6.45) is 6.16. The van der Waals surface area contributed by atoms with Gasteiger partial charge in [0.2, 0.25) is 0 Å². The van der Waals surface area contributed by atoms with E-state index in [9.17, 15) is 4.79 Å². The quantitative estimate of drug-likeness (QED) is 0.355. The van der Waals surface area contributed by atoms with Crippen molar-refractivity contribution in [1.82, 2.24) is 15.5 Å². The molecular weight excluding hydrogens is 386 g/mol. The molecule has 3 rings (SSSR count). The maximum atomic E-state index is 12.2. The van der Waals surface area contributed by atoms with Gasteiger partial charge in [0.15, 0.2) is 5.88 Å². The van der Waals surface area contributed by atoms with Crippen molar-refractivity contribution in [3.8, 4) is 11.3 Å². The van der Waals surface area contributed by atoms with Crippen LogP contribution in [0.25, 0.3) is 11.3 Å². The first-order valence-corrected chi connectivity index (χ1v) is 9.76. The molecule has 0 atom stereocenters. The molecule has 1 fully saturated rings. The SMILES string of the molecule is Cc1ccc(-c2noc(C)c2CO/C(N)=C/C=C(\N)C(=O)NC2CCOCC2)cn1. The fraction of sp³-hybridized carbons (Fsp3) is 0.381. The van der Waals surface area contributed by atoms with Gasteiger partial charge < -0.3 is 30.8 Å². The van der Waals surface area contributed by atoms with Gasteiger partial charge in [0.05, 0.1) is 11.3 Å². The summed E-state index contributed by atoms with van der Waals surface area (Å²) in [7, 11) is 0. The predicted molar refractivity (Wildman–Crippen MR) is 111 cm³/mol. The fourth-order valence-corrected chi connectivity index (χ4v) is 2.96. The Bertz CT molecular complexity index is 927. The zero-order valence-electron chi connectivity index (χ0n) is 17.2. The summed E-state index contributed by atoms with van der Waals surface area (Å²) >= 11 is 0. The molecule has 1 amide bonds. The molecule has 160 valence electrons. The first-order valence-electron chi connectivity index (χ1n) is 9.76. The summed E-state index contributed by atoms with van der Waals surface area (Å²) in [4.78, 5) is 16.4. The van der Waals surface area contributed by atoms with Gasteiger partial charge in [-0.3, -0.25) is 9.78 Å².